The van der Waals surface area contributed by atoms with Crippen molar-refractivity contribution in [2.75, 3.05) is 5.32 Å². The summed E-state index contributed by atoms with van der Waals surface area (Å²) in [5, 5.41) is 3.33. The molecule has 1 aromatic heterocycles. The highest BCUT2D eigenvalue weighted by Gasteiger charge is 1.99. The number of benzene rings is 1. The molecule has 0 fully saturated rings. The number of amides is 1. The highest BCUT2D eigenvalue weighted by Crippen LogP contribution is 2.11. The van der Waals surface area contributed by atoms with Crippen LogP contribution in [0, 0.1) is 0 Å². The van der Waals surface area contributed by atoms with Crippen LogP contribution in [-0.2, 0) is 11.3 Å². The molecule has 0 aliphatic rings. The van der Waals surface area contributed by atoms with E-state index in [-0.39, 0.29) is 5.91 Å². The highest BCUT2D eigenvalue weighted by atomic mass is 35.5. The van der Waals surface area contributed by atoms with Gasteiger partial charge in [0.1, 0.15) is 5.82 Å². The van der Waals surface area contributed by atoms with Crippen molar-refractivity contribution in [1.82, 2.24) is 4.98 Å². The fourth-order valence-electron chi connectivity index (χ4n) is 1.53. The van der Waals surface area contributed by atoms with Gasteiger partial charge in [0.05, 0.1) is 0 Å². The Labute approximate surface area is 122 Å². The Morgan fingerprint density at radius 2 is 2.00 bits per heavy atom. The number of halogens is 1. The molecule has 2 aromatic rings. The average molecular weight is 288 g/mol. The maximum atomic E-state index is 11.7. The molecule has 0 bridgehead atoms. The molecule has 0 unspecified atom stereocenters. The summed E-state index contributed by atoms with van der Waals surface area (Å²) in [4.78, 5) is 15.8. The van der Waals surface area contributed by atoms with Gasteiger partial charge < -0.3 is 11.1 Å². The Morgan fingerprint density at radius 3 is 2.60 bits per heavy atom. The maximum absolute atomic E-state index is 11.7. The van der Waals surface area contributed by atoms with Crippen molar-refractivity contribution in [1.29, 1.82) is 0 Å². The summed E-state index contributed by atoms with van der Waals surface area (Å²) in [6.07, 6.45) is 4.79. The first-order valence-electron chi connectivity index (χ1n) is 6.07. The topological polar surface area (TPSA) is 68.0 Å². The number of anilines is 1. The number of pyridine rings is 1. The van der Waals surface area contributed by atoms with Gasteiger partial charge in [-0.15, -0.1) is 0 Å². The van der Waals surface area contributed by atoms with Gasteiger partial charge in [-0.25, -0.2) is 4.98 Å². The standard InChI is InChI=1S/C15H14ClN3O/c16-13-5-1-11(2-6-13)4-8-15(20)19-14-7-3-12(9-17)10-18-14/h1-8,10H,9,17H2,(H,18,19,20)/b8-4+. The normalized spacial score (nSPS) is 10.7. The summed E-state index contributed by atoms with van der Waals surface area (Å²) in [5.41, 5.74) is 7.29. The number of nitrogens with one attached hydrogen (secondary N) is 1. The summed E-state index contributed by atoms with van der Waals surface area (Å²) in [6, 6.07) is 10.8. The van der Waals surface area contributed by atoms with Crippen LogP contribution in [0.25, 0.3) is 6.08 Å². The van der Waals surface area contributed by atoms with Crippen molar-refractivity contribution in [2.24, 2.45) is 5.73 Å². The third kappa shape index (κ3) is 4.19. The number of nitrogens with two attached hydrogens (primary N) is 1. The lowest BCUT2D eigenvalue weighted by molar-refractivity contribution is -0.111. The van der Waals surface area contributed by atoms with E-state index in [1.165, 1.54) is 6.08 Å². The van der Waals surface area contributed by atoms with E-state index in [0.29, 0.717) is 17.4 Å². The van der Waals surface area contributed by atoms with E-state index in [9.17, 15) is 4.79 Å². The van der Waals surface area contributed by atoms with Crippen LogP contribution in [0.3, 0.4) is 0 Å². The molecule has 4 nitrogen and oxygen atoms in total. The SMILES string of the molecule is NCc1ccc(NC(=O)/C=C/c2ccc(Cl)cc2)nc1. The first kappa shape index (κ1) is 14.2. The van der Waals surface area contributed by atoms with E-state index in [1.807, 2.05) is 18.2 Å². The van der Waals surface area contributed by atoms with Crippen molar-refractivity contribution >= 4 is 29.4 Å². The molecule has 0 saturated carbocycles. The van der Waals surface area contributed by atoms with Crippen LogP contribution in [0.4, 0.5) is 5.82 Å². The van der Waals surface area contributed by atoms with E-state index in [2.05, 4.69) is 10.3 Å². The first-order valence-corrected chi connectivity index (χ1v) is 6.45. The van der Waals surface area contributed by atoms with E-state index in [1.54, 1.807) is 30.5 Å². The van der Waals surface area contributed by atoms with Gasteiger partial charge in [0, 0.05) is 23.8 Å². The van der Waals surface area contributed by atoms with Gasteiger partial charge in [-0.3, -0.25) is 4.79 Å². The second kappa shape index (κ2) is 6.84. The summed E-state index contributed by atoms with van der Waals surface area (Å²) in [6.45, 7) is 0.428. The van der Waals surface area contributed by atoms with Crippen molar-refractivity contribution < 1.29 is 4.79 Å². The van der Waals surface area contributed by atoms with Crippen LogP contribution in [0.1, 0.15) is 11.1 Å². The van der Waals surface area contributed by atoms with Gasteiger partial charge in [-0.2, -0.15) is 0 Å². The number of carbonyl (C=O) groups excluding carboxylic acids is 1. The number of carbonyl (C=O) groups is 1. The Balaban J connectivity index is 1.96. The molecule has 0 atom stereocenters. The van der Waals surface area contributed by atoms with Gasteiger partial charge >= 0.3 is 0 Å². The van der Waals surface area contributed by atoms with Crippen LogP contribution >= 0.6 is 11.6 Å². The molecule has 0 spiro atoms. The zero-order chi connectivity index (χ0) is 14.4. The minimum Gasteiger partial charge on any atom is -0.326 e. The zero-order valence-corrected chi connectivity index (χ0v) is 11.5. The summed E-state index contributed by atoms with van der Waals surface area (Å²) in [5.74, 6) is 0.251. The monoisotopic (exact) mass is 287 g/mol. The summed E-state index contributed by atoms with van der Waals surface area (Å²) < 4.78 is 0. The lowest BCUT2D eigenvalue weighted by atomic mass is 10.2. The molecule has 5 heteroatoms. The molecule has 1 heterocycles. The molecule has 0 saturated heterocycles. The van der Waals surface area contributed by atoms with E-state index in [4.69, 9.17) is 17.3 Å². The molecule has 0 aliphatic heterocycles. The number of rotatable bonds is 4. The van der Waals surface area contributed by atoms with Crippen LogP contribution < -0.4 is 11.1 Å². The maximum Gasteiger partial charge on any atom is 0.249 e. The zero-order valence-electron chi connectivity index (χ0n) is 10.7. The molecular weight excluding hydrogens is 274 g/mol. The third-order valence-electron chi connectivity index (χ3n) is 2.61. The lowest BCUT2D eigenvalue weighted by Crippen LogP contribution is -2.09. The van der Waals surface area contributed by atoms with Crippen molar-refractivity contribution in [3.8, 4) is 0 Å². The van der Waals surface area contributed by atoms with E-state index >= 15 is 0 Å². The van der Waals surface area contributed by atoms with Crippen LogP contribution in [0.15, 0.2) is 48.7 Å². The highest BCUT2D eigenvalue weighted by molar-refractivity contribution is 6.30. The Morgan fingerprint density at radius 1 is 1.25 bits per heavy atom. The first-order chi connectivity index (χ1) is 9.67. The van der Waals surface area contributed by atoms with Crippen LogP contribution in [-0.4, -0.2) is 10.9 Å². The Hall–Kier alpha value is -2.17. The van der Waals surface area contributed by atoms with E-state index in [0.717, 1.165) is 11.1 Å². The van der Waals surface area contributed by atoms with Gasteiger partial charge in [0.2, 0.25) is 5.91 Å². The molecule has 20 heavy (non-hydrogen) atoms. The van der Waals surface area contributed by atoms with Gasteiger partial charge in [0.15, 0.2) is 0 Å². The smallest absolute Gasteiger partial charge is 0.249 e. The number of hydrogen-bond donors (Lipinski definition) is 2. The second-order valence-electron chi connectivity index (χ2n) is 4.13. The van der Waals surface area contributed by atoms with Crippen molar-refractivity contribution in [3.05, 3.63) is 64.8 Å². The quantitative estimate of drug-likeness (QED) is 0.850. The van der Waals surface area contributed by atoms with Crippen LogP contribution in [0.2, 0.25) is 5.02 Å². The Kier molecular flexibility index (Phi) is 4.87. The fraction of sp³-hybridized carbons (Fsp3) is 0.0667. The van der Waals surface area contributed by atoms with Gasteiger partial charge in [-0.05, 0) is 35.4 Å². The molecule has 0 aliphatic carbocycles. The number of nitrogens with zero attached hydrogens (tertiary/aromatic N) is 1. The van der Waals surface area contributed by atoms with Crippen LogP contribution in [0.5, 0.6) is 0 Å². The summed E-state index contributed by atoms with van der Waals surface area (Å²) in [7, 11) is 0. The minimum atomic E-state index is -0.243. The fourth-order valence-corrected chi connectivity index (χ4v) is 1.66. The lowest BCUT2D eigenvalue weighted by Gasteiger charge is -2.02. The van der Waals surface area contributed by atoms with Crippen molar-refractivity contribution in [2.45, 2.75) is 6.54 Å². The molecule has 1 aromatic carbocycles. The molecule has 0 radical (unpaired) electrons. The number of hydrogen-bond acceptors (Lipinski definition) is 3. The molecule has 3 N–H and O–H groups in total. The third-order valence-corrected chi connectivity index (χ3v) is 2.86. The molecule has 1 amide bonds. The predicted octanol–water partition coefficient (Wildman–Crippen LogP) is 2.85. The largest absolute Gasteiger partial charge is 0.326 e. The number of aromatic nitrogens is 1. The van der Waals surface area contributed by atoms with Gasteiger partial charge in [-0.1, -0.05) is 29.8 Å². The second-order valence-corrected chi connectivity index (χ2v) is 4.57. The molecular formula is C15H14ClN3O. The predicted molar refractivity (Wildman–Crippen MR) is 81.2 cm³/mol. The average Bonchev–Trinajstić information content (AvgIpc) is 2.47. The molecule has 2 rings (SSSR count). The Bertz CT molecular complexity index is 606. The summed E-state index contributed by atoms with van der Waals surface area (Å²) >= 11 is 5.79. The minimum absolute atomic E-state index is 0.243. The molecule has 102 valence electrons. The van der Waals surface area contributed by atoms with E-state index < -0.39 is 0 Å². The van der Waals surface area contributed by atoms with Crippen molar-refractivity contribution in [3.63, 3.8) is 0 Å². The van der Waals surface area contributed by atoms with Gasteiger partial charge in [0.25, 0.3) is 0 Å².